The van der Waals surface area contributed by atoms with Gasteiger partial charge in [0.2, 0.25) is 0 Å². The van der Waals surface area contributed by atoms with Gasteiger partial charge in [-0.25, -0.2) is 0 Å². The fourth-order valence-electron chi connectivity index (χ4n) is 5.59. The van der Waals surface area contributed by atoms with E-state index in [2.05, 4.69) is 59.2 Å². The van der Waals surface area contributed by atoms with E-state index in [9.17, 15) is 0 Å². The molecule has 1 N–H and O–H groups in total. The van der Waals surface area contributed by atoms with Crippen molar-refractivity contribution >= 4 is 11.3 Å². The summed E-state index contributed by atoms with van der Waals surface area (Å²) in [5, 5.41) is 6.00. The highest BCUT2D eigenvalue weighted by Gasteiger charge is 2.48. The molecule has 0 amide bonds. The molecule has 0 unspecified atom stereocenters. The van der Waals surface area contributed by atoms with Crippen molar-refractivity contribution < 1.29 is 4.74 Å². The molecule has 3 aromatic rings. The van der Waals surface area contributed by atoms with Crippen LogP contribution in [0.2, 0.25) is 0 Å². The van der Waals surface area contributed by atoms with Gasteiger partial charge in [-0.15, -0.1) is 11.3 Å². The Kier molecular flexibility index (Phi) is 6.22. The van der Waals surface area contributed by atoms with E-state index < -0.39 is 0 Å². The monoisotopic (exact) mass is 432 g/mol. The molecule has 3 heterocycles. The minimum absolute atomic E-state index is 0.0914. The highest BCUT2D eigenvalue weighted by Crippen LogP contribution is 2.49. The average molecular weight is 433 g/mol. The molecule has 1 aliphatic heterocycles. The third-order valence-corrected chi connectivity index (χ3v) is 8.15. The minimum atomic E-state index is 0.0914. The molecule has 1 aromatic carbocycles. The Balaban J connectivity index is 1.24. The third-order valence-electron chi connectivity index (χ3n) is 7.21. The summed E-state index contributed by atoms with van der Waals surface area (Å²) in [5.74, 6) is 0. The number of nitrogens with one attached hydrogen (secondary N) is 1. The molecule has 162 valence electrons. The van der Waals surface area contributed by atoms with Crippen molar-refractivity contribution in [1.82, 2.24) is 10.3 Å². The van der Waals surface area contributed by atoms with Crippen LogP contribution in [0.1, 0.15) is 55.5 Å². The molecule has 4 heteroatoms. The first-order valence-corrected chi connectivity index (χ1v) is 12.5. The number of ether oxygens (including phenoxy) is 1. The molecule has 0 radical (unpaired) electrons. The van der Waals surface area contributed by atoms with Crippen molar-refractivity contribution in [3.8, 4) is 11.1 Å². The smallest absolute Gasteiger partial charge is 0.0691 e. The third kappa shape index (κ3) is 4.62. The fraction of sp³-hybridized carbons (Fsp3) is 0.444. The number of thiophene rings is 1. The number of rotatable bonds is 7. The van der Waals surface area contributed by atoms with Gasteiger partial charge in [-0.05, 0) is 73.4 Å². The van der Waals surface area contributed by atoms with Crippen molar-refractivity contribution in [3.05, 3.63) is 76.7 Å². The van der Waals surface area contributed by atoms with Crippen LogP contribution in [0.4, 0.5) is 0 Å². The molecule has 2 fully saturated rings. The van der Waals surface area contributed by atoms with E-state index >= 15 is 0 Å². The van der Waals surface area contributed by atoms with Crippen LogP contribution in [0.25, 0.3) is 11.1 Å². The number of aromatic nitrogens is 1. The Labute approximate surface area is 189 Å². The number of benzene rings is 1. The molecule has 2 aliphatic rings. The first-order valence-electron chi connectivity index (χ1n) is 11.7. The molecule has 2 aromatic heterocycles. The number of nitrogens with zero attached hydrogens (tertiary/aromatic N) is 1. The number of pyridine rings is 1. The van der Waals surface area contributed by atoms with Gasteiger partial charge in [0.1, 0.15) is 0 Å². The SMILES string of the molecule is c1ccc(-c2csc(CNCC[C@@]3(c4ccccn4)CCOC4(CCCC4)C3)c2)cc1. The maximum absolute atomic E-state index is 6.38. The lowest BCUT2D eigenvalue weighted by Gasteiger charge is -2.46. The molecular formula is C27H32N2OS. The van der Waals surface area contributed by atoms with E-state index in [0.717, 1.165) is 39.0 Å². The summed E-state index contributed by atoms with van der Waals surface area (Å²) in [5.41, 5.74) is 4.09. The molecule has 5 rings (SSSR count). The van der Waals surface area contributed by atoms with E-state index in [1.54, 1.807) is 0 Å². The van der Waals surface area contributed by atoms with Crippen molar-refractivity contribution in [2.24, 2.45) is 0 Å². The lowest BCUT2D eigenvalue weighted by Crippen LogP contribution is -2.47. The van der Waals surface area contributed by atoms with Gasteiger partial charge in [-0.1, -0.05) is 49.2 Å². The van der Waals surface area contributed by atoms with Crippen LogP contribution < -0.4 is 5.32 Å². The molecule has 1 aliphatic carbocycles. The zero-order valence-electron chi connectivity index (χ0n) is 18.2. The molecule has 1 atom stereocenters. The van der Waals surface area contributed by atoms with E-state index in [1.165, 1.54) is 47.4 Å². The zero-order chi connectivity index (χ0) is 21.0. The number of hydrogen-bond donors (Lipinski definition) is 1. The van der Waals surface area contributed by atoms with Gasteiger partial charge in [0.15, 0.2) is 0 Å². The second kappa shape index (κ2) is 9.23. The summed E-state index contributed by atoms with van der Waals surface area (Å²) in [6.07, 6.45) is 10.3. The second-order valence-electron chi connectivity index (χ2n) is 9.26. The summed E-state index contributed by atoms with van der Waals surface area (Å²) in [4.78, 5) is 6.22. The highest BCUT2D eigenvalue weighted by atomic mass is 32.1. The van der Waals surface area contributed by atoms with Crippen molar-refractivity contribution in [3.63, 3.8) is 0 Å². The standard InChI is InChI=1S/C27H32N2OS/c1-2-8-22(9-3-1)23-18-24(31-20-23)19-28-16-13-26(25-10-4-7-15-29-25)14-17-30-27(21-26)11-5-6-12-27/h1-4,7-10,15,18,20,28H,5-6,11-14,16-17,19,21H2/t26-/m1/s1. The summed E-state index contributed by atoms with van der Waals surface area (Å²) in [7, 11) is 0. The van der Waals surface area contributed by atoms with Crippen LogP contribution in [-0.4, -0.2) is 23.7 Å². The fourth-order valence-corrected chi connectivity index (χ4v) is 6.45. The molecule has 1 saturated heterocycles. The summed E-state index contributed by atoms with van der Waals surface area (Å²) < 4.78 is 6.38. The van der Waals surface area contributed by atoms with E-state index in [1.807, 2.05) is 23.6 Å². The van der Waals surface area contributed by atoms with Crippen LogP contribution in [0.5, 0.6) is 0 Å². The Morgan fingerprint density at radius 1 is 0.968 bits per heavy atom. The van der Waals surface area contributed by atoms with E-state index in [-0.39, 0.29) is 11.0 Å². The zero-order valence-corrected chi connectivity index (χ0v) is 19.0. The van der Waals surface area contributed by atoms with E-state index in [4.69, 9.17) is 9.72 Å². The Bertz CT molecular complexity index is 965. The Morgan fingerprint density at radius 3 is 2.61 bits per heavy atom. The number of hydrogen-bond acceptors (Lipinski definition) is 4. The van der Waals surface area contributed by atoms with Gasteiger partial charge < -0.3 is 10.1 Å². The summed E-state index contributed by atoms with van der Waals surface area (Å²) in [6, 6.07) is 19.4. The van der Waals surface area contributed by atoms with E-state index in [0.29, 0.717) is 0 Å². The van der Waals surface area contributed by atoms with Gasteiger partial charge in [0.25, 0.3) is 0 Å². The normalized spacial score (nSPS) is 22.7. The van der Waals surface area contributed by atoms with Crippen molar-refractivity contribution in [2.75, 3.05) is 13.2 Å². The molecule has 1 spiro atoms. The first kappa shape index (κ1) is 20.9. The van der Waals surface area contributed by atoms with Crippen LogP contribution >= 0.6 is 11.3 Å². The Morgan fingerprint density at radius 2 is 1.81 bits per heavy atom. The van der Waals surface area contributed by atoms with Gasteiger partial charge in [0, 0.05) is 35.3 Å². The van der Waals surface area contributed by atoms with Crippen molar-refractivity contribution in [1.29, 1.82) is 0 Å². The predicted octanol–water partition coefficient (Wildman–Crippen LogP) is 6.35. The quantitative estimate of drug-likeness (QED) is 0.442. The van der Waals surface area contributed by atoms with Crippen LogP contribution in [0, 0.1) is 0 Å². The molecule has 3 nitrogen and oxygen atoms in total. The van der Waals surface area contributed by atoms with Gasteiger partial charge in [0.05, 0.1) is 5.60 Å². The van der Waals surface area contributed by atoms with Crippen LogP contribution in [-0.2, 0) is 16.7 Å². The van der Waals surface area contributed by atoms with Crippen LogP contribution in [0.3, 0.4) is 0 Å². The van der Waals surface area contributed by atoms with Crippen molar-refractivity contribution in [2.45, 2.75) is 62.5 Å². The molecule has 31 heavy (non-hydrogen) atoms. The predicted molar refractivity (Wildman–Crippen MR) is 128 cm³/mol. The lowest BCUT2D eigenvalue weighted by molar-refractivity contribution is -0.104. The minimum Gasteiger partial charge on any atom is -0.375 e. The molecular weight excluding hydrogens is 400 g/mol. The second-order valence-corrected chi connectivity index (χ2v) is 10.3. The maximum atomic E-state index is 6.38. The molecule has 0 bridgehead atoms. The largest absolute Gasteiger partial charge is 0.375 e. The summed E-state index contributed by atoms with van der Waals surface area (Å²) in [6.45, 7) is 2.80. The lowest BCUT2D eigenvalue weighted by atomic mass is 9.68. The highest BCUT2D eigenvalue weighted by molar-refractivity contribution is 7.10. The maximum Gasteiger partial charge on any atom is 0.0691 e. The first-order chi connectivity index (χ1) is 15.3. The average Bonchev–Trinajstić information content (AvgIpc) is 3.48. The van der Waals surface area contributed by atoms with Crippen LogP contribution in [0.15, 0.2) is 66.2 Å². The van der Waals surface area contributed by atoms with Gasteiger partial charge in [-0.2, -0.15) is 0 Å². The Hall–Kier alpha value is -2.01. The van der Waals surface area contributed by atoms with Gasteiger partial charge >= 0.3 is 0 Å². The van der Waals surface area contributed by atoms with Gasteiger partial charge in [-0.3, -0.25) is 4.98 Å². The molecule has 1 saturated carbocycles. The topological polar surface area (TPSA) is 34.2 Å². The summed E-state index contributed by atoms with van der Waals surface area (Å²) >= 11 is 1.85.